The summed E-state index contributed by atoms with van der Waals surface area (Å²) >= 11 is 0. The second-order valence-electron chi connectivity index (χ2n) is 1.98. The minimum absolute atomic E-state index is 0.694. The van der Waals surface area contributed by atoms with Gasteiger partial charge in [0, 0.05) is 33.1 Å². The number of carboxylic acids is 1. The number of rotatable bonds is 4. The third kappa shape index (κ3) is 142. The predicted octanol–water partition coefficient (Wildman–Crippen LogP) is -1.99. The summed E-state index contributed by atoms with van der Waals surface area (Å²) < 4.78 is 0. The molecule has 0 saturated heterocycles. The van der Waals surface area contributed by atoms with Gasteiger partial charge in [-0.25, -0.2) is 0 Å². The first-order valence-corrected chi connectivity index (χ1v) is 3.96. The van der Waals surface area contributed by atoms with Gasteiger partial charge >= 0.3 is 0 Å². The average Bonchev–Trinajstić information content (AvgIpc) is 2.06. The van der Waals surface area contributed by atoms with Crippen LogP contribution in [0.25, 0.3) is 0 Å². The maximum Gasteiger partial charge on any atom is 0.300 e. The van der Waals surface area contributed by atoms with E-state index in [1.165, 1.54) is 6.19 Å². The van der Waals surface area contributed by atoms with Crippen LogP contribution in [0.5, 0.6) is 0 Å². The first kappa shape index (κ1) is 18.4. The van der Waals surface area contributed by atoms with Crippen LogP contribution in [-0.2, 0) is 4.79 Å². The molecule has 0 aliphatic carbocycles. The molecule has 0 atom stereocenters. The van der Waals surface area contributed by atoms with Crippen molar-refractivity contribution in [3.05, 3.63) is 0 Å². The average molecular weight is 205 g/mol. The van der Waals surface area contributed by atoms with Crippen LogP contribution >= 0.6 is 0 Å². The van der Waals surface area contributed by atoms with Gasteiger partial charge < -0.3 is 27.6 Å². The van der Waals surface area contributed by atoms with Crippen LogP contribution in [0.15, 0.2) is 0 Å². The van der Waals surface area contributed by atoms with Gasteiger partial charge in [-0.05, 0) is 0 Å². The number of nitrogens with zero attached hydrogens (tertiary/aromatic N) is 1. The van der Waals surface area contributed by atoms with E-state index in [-0.39, 0.29) is 0 Å². The molecule has 0 radical (unpaired) electrons. The summed E-state index contributed by atoms with van der Waals surface area (Å²) in [5, 5.41) is 17.5. The number of carboxylic acid groups (broad SMARTS) is 1. The first-order valence-electron chi connectivity index (χ1n) is 3.96. The molecule has 0 unspecified atom stereocenters. The Bertz CT molecular complexity index is 138. The smallest absolute Gasteiger partial charge is 0.300 e. The quantitative estimate of drug-likeness (QED) is 0.202. The highest BCUT2D eigenvalue weighted by atomic mass is 16.4. The van der Waals surface area contributed by atoms with Gasteiger partial charge in [0.2, 0.25) is 0 Å². The molecule has 0 rings (SSSR count). The lowest BCUT2D eigenvalue weighted by molar-refractivity contribution is -0.134. The van der Waals surface area contributed by atoms with E-state index in [0.29, 0.717) is 13.1 Å². The van der Waals surface area contributed by atoms with E-state index < -0.39 is 5.97 Å². The van der Waals surface area contributed by atoms with Crippen molar-refractivity contribution in [1.82, 2.24) is 5.32 Å². The normalized spacial score (nSPS) is 7.00. The third-order valence-electron chi connectivity index (χ3n) is 0.642. The van der Waals surface area contributed by atoms with E-state index in [0.717, 1.165) is 20.0 Å². The molecule has 14 heavy (non-hydrogen) atoms. The summed E-state index contributed by atoms with van der Waals surface area (Å²) in [6, 6.07) is 0. The van der Waals surface area contributed by atoms with E-state index in [1.807, 2.05) is 0 Å². The highest BCUT2D eigenvalue weighted by Gasteiger charge is 1.76. The van der Waals surface area contributed by atoms with Crippen LogP contribution < -0.4 is 22.5 Å². The van der Waals surface area contributed by atoms with E-state index in [9.17, 15) is 0 Å². The Labute approximate surface area is 83.9 Å². The molecule has 0 fully saturated rings. The number of hydrogen-bond donors (Lipinski definition) is 5. The second kappa shape index (κ2) is 22.6. The molecule has 0 amide bonds. The molecule has 0 aliphatic rings. The molecule has 0 spiro atoms. The van der Waals surface area contributed by atoms with Crippen LogP contribution in [0.2, 0.25) is 0 Å². The van der Waals surface area contributed by atoms with E-state index in [2.05, 4.69) is 11.1 Å². The van der Waals surface area contributed by atoms with Crippen molar-refractivity contribution in [2.45, 2.75) is 6.92 Å². The Morgan fingerprint density at radius 3 is 1.79 bits per heavy atom. The van der Waals surface area contributed by atoms with Crippen molar-refractivity contribution in [2.24, 2.45) is 17.2 Å². The standard InChI is InChI=1S/C4H13N3.C2H4O2.CH2N2/c5-1-3-7-4-2-6;1-2(3)4;2-1-3/h7H,1-6H2;1H3,(H,3,4);2H2. The van der Waals surface area contributed by atoms with Gasteiger partial charge in [0.1, 0.15) is 0 Å². The van der Waals surface area contributed by atoms with Crippen LogP contribution in [-0.4, -0.2) is 37.3 Å². The monoisotopic (exact) mass is 205 g/mol. The molecular weight excluding hydrogens is 186 g/mol. The molecule has 7 nitrogen and oxygen atoms in total. The molecule has 84 valence electrons. The lowest BCUT2D eigenvalue weighted by Crippen LogP contribution is -2.27. The highest BCUT2D eigenvalue weighted by Crippen LogP contribution is 1.49. The minimum atomic E-state index is -0.833. The van der Waals surface area contributed by atoms with Crippen molar-refractivity contribution < 1.29 is 9.90 Å². The summed E-state index contributed by atoms with van der Waals surface area (Å²) in [6.45, 7) is 4.22. The zero-order chi connectivity index (χ0) is 11.8. The summed E-state index contributed by atoms with van der Waals surface area (Å²) in [4.78, 5) is 9.00. The van der Waals surface area contributed by atoms with Gasteiger partial charge in [0.25, 0.3) is 5.97 Å². The SMILES string of the molecule is CC(=O)O.N#CN.NCCNCCN. The Kier molecular flexibility index (Phi) is 29.7. The summed E-state index contributed by atoms with van der Waals surface area (Å²) in [6.07, 6.45) is 1.25. The van der Waals surface area contributed by atoms with Crippen LogP contribution in [0.4, 0.5) is 0 Å². The fraction of sp³-hybridized carbons (Fsp3) is 0.714. The number of nitrogens with one attached hydrogen (secondary N) is 1. The molecule has 8 N–H and O–H groups in total. The molecular formula is C7H19N5O2. The van der Waals surface area contributed by atoms with Gasteiger partial charge in [-0.15, -0.1) is 0 Å². The zero-order valence-corrected chi connectivity index (χ0v) is 8.36. The van der Waals surface area contributed by atoms with Crippen LogP contribution in [0.3, 0.4) is 0 Å². The largest absolute Gasteiger partial charge is 0.481 e. The molecule has 0 aromatic heterocycles. The van der Waals surface area contributed by atoms with Crippen LogP contribution in [0.1, 0.15) is 6.92 Å². The van der Waals surface area contributed by atoms with Gasteiger partial charge in [0.05, 0.1) is 0 Å². The third-order valence-corrected chi connectivity index (χ3v) is 0.642. The predicted molar refractivity (Wildman–Crippen MR) is 54.1 cm³/mol. The molecule has 7 heteroatoms. The zero-order valence-electron chi connectivity index (χ0n) is 8.36. The number of nitrogens with two attached hydrogens (primary N) is 3. The maximum atomic E-state index is 9.00. The number of nitriles is 1. The topological polar surface area (TPSA) is 151 Å². The van der Waals surface area contributed by atoms with Gasteiger partial charge in [-0.2, -0.15) is 5.26 Å². The number of carbonyl (C=O) groups is 1. The fourth-order valence-corrected chi connectivity index (χ4v) is 0.329. The van der Waals surface area contributed by atoms with Gasteiger partial charge in [0.15, 0.2) is 6.19 Å². The van der Waals surface area contributed by atoms with Gasteiger partial charge in [-0.3, -0.25) is 4.79 Å². The molecule has 0 bridgehead atoms. The second-order valence-corrected chi connectivity index (χ2v) is 1.98. The van der Waals surface area contributed by atoms with Crippen molar-refractivity contribution in [3.63, 3.8) is 0 Å². The summed E-state index contributed by atoms with van der Waals surface area (Å²) in [7, 11) is 0. The number of aliphatic carboxylic acids is 1. The Hall–Kier alpha value is -1.36. The van der Waals surface area contributed by atoms with E-state index in [1.54, 1.807) is 0 Å². The molecule has 0 aromatic carbocycles. The minimum Gasteiger partial charge on any atom is -0.481 e. The molecule has 0 saturated carbocycles. The fourth-order valence-electron chi connectivity index (χ4n) is 0.329. The van der Waals surface area contributed by atoms with Crippen molar-refractivity contribution in [2.75, 3.05) is 26.2 Å². The maximum absolute atomic E-state index is 9.00. The summed E-state index contributed by atoms with van der Waals surface area (Å²) in [5.41, 5.74) is 14.5. The summed E-state index contributed by atoms with van der Waals surface area (Å²) in [5.74, 6) is -0.833. The van der Waals surface area contributed by atoms with Gasteiger partial charge in [-0.1, -0.05) is 0 Å². The number of hydrogen-bond acceptors (Lipinski definition) is 6. The van der Waals surface area contributed by atoms with E-state index >= 15 is 0 Å². The van der Waals surface area contributed by atoms with Crippen LogP contribution in [0, 0.1) is 11.5 Å². The molecule has 0 heterocycles. The first-order chi connectivity index (χ1) is 6.56. The van der Waals surface area contributed by atoms with Crippen molar-refractivity contribution in [3.8, 4) is 6.19 Å². The molecule has 0 aromatic rings. The van der Waals surface area contributed by atoms with Crippen molar-refractivity contribution >= 4 is 5.97 Å². The Morgan fingerprint density at radius 1 is 1.43 bits per heavy atom. The Morgan fingerprint density at radius 2 is 1.64 bits per heavy atom. The highest BCUT2D eigenvalue weighted by molar-refractivity contribution is 5.62. The Balaban J connectivity index is -0.000000147. The lowest BCUT2D eigenvalue weighted by Gasteiger charge is -1.95. The van der Waals surface area contributed by atoms with Crippen molar-refractivity contribution in [1.29, 1.82) is 5.26 Å². The molecule has 0 aliphatic heterocycles. The van der Waals surface area contributed by atoms with E-state index in [4.69, 9.17) is 26.6 Å². The lowest BCUT2D eigenvalue weighted by atomic mass is 10.6.